The molecule has 1 aromatic carbocycles. The van der Waals surface area contributed by atoms with Crippen molar-refractivity contribution in [3.05, 3.63) is 46.8 Å². The number of hydrogen-bond donors (Lipinski definition) is 2. The van der Waals surface area contributed by atoms with Crippen molar-refractivity contribution in [2.24, 2.45) is 5.73 Å². The van der Waals surface area contributed by atoms with Crippen LogP contribution in [0.25, 0.3) is 16.7 Å². The predicted molar refractivity (Wildman–Crippen MR) is 128 cm³/mol. The van der Waals surface area contributed by atoms with E-state index in [0.717, 1.165) is 65.3 Å². The van der Waals surface area contributed by atoms with E-state index in [4.69, 9.17) is 25.4 Å². The highest BCUT2D eigenvalue weighted by molar-refractivity contribution is 9.10. The van der Waals surface area contributed by atoms with Gasteiger partial charge in [-0.15, -0.1) is 0 Å². The maximum atomic E-state index is 6.20. The largest absolute Gasteiger partial charge is 0.362 e. The van der Waals surface area contributed by atoms with Gasteiger partial charge in [0.15, 0.2) is 21.7 Å². The number of ether oxygens (including phenoxy) is 1. The summed E-state index contributed by atoms with van der Waals surface area (Å²) in [6.45, 7) is 4.78. The second-order valence-corrected chi connectivity index (χ2v) is 8.19. The third kappa shape index (κ3) is 4.58. The molecule has 1 aliphatic rings. The molecule has 1 fully saturated rings. The molecule has 0 aliphatic carbocycles. The van der Waals surface area contributed by atoms with Crippen LogP contribution in [0.3, 0.4) is 0 Å². The molecule has 3 aromatic rings. The number of imidazole rings is 1. The molecule has 4 rings (SSSR count). The monoisotopic (exact) mass is 485 g/mol. The van der Waals surface area contributed by atoms with Crippen LogP contribution >= 0.6 is 15.9 Å². The third-order valence-electron chi connectivity index (χ3n) is 5.53. The van der Waals surface area contributed by atoms with E-state index in [-0.39, 0.29) is 0 Å². The summed E-state index contributed by atoms with van der Waals surface area (Å²) in [5.41, 5.74) is 9.62. The van der Waals surface area contributed by atoms with Crippen LogP contribution in [0.4, 0.5) is 11.8 Å². The molecule has 9 heteroatoms. The number of piperidine rings is 1. The Morgan fingerprint density at radius 2 is 1.94 bits per heavy atom. The summed E-state index contributed by atoms with van der Waals surface area (Å²) in [7, 11) is 1.59. The first-order valence-corrected chi connectivity index (χ1v) is 11.4. The molecule has 0 spiro atoms. The van der Waals surface area contributed by atoms with E-state index in [1.54, 1.807) is 7.11 Å². The van der Waals surface area contributed by atoms with E-state index in [9.17, 15) is 0 Å². The molecular weight excluding hydrogens is 458 g/mol. The lowest BCUT2D eigenvalue weighted by Gasteiger charge is -2.28. The van der Waals surface area contributed by atoms with Gasteiger partial charge in [0, 0.05) is 38.5 Å². The maximum Gasteiger partial charge on any atom is 0.230 e. The molecule has 2 aromatic heterocycles. The van der Waals surface area contributed by atoms with E-state index >= 15 is 0 Å². The molecule has 8 nitrogen and oxygen atoms in total. The first-order valence-electron chi connectivity index (χ1n) is 10.6. The van der Waals surface area contributed by atoms with Crippen molar-refractivity contribution in [1.82, 2.24) is 19.5 Å². The van der Waals surface area contributed by atoms with Gasteiger partial charge in [-0.3, -0.25) is 0 Å². The van der Waals surface area contributed by atoms with Crippen LogP contribution in [-0.2, 0) is 11.3 Å². The van der Waals surface area contributed by atoms with Gasteiger partial charge in [-0.2, -0.15) is 9.97 Å². The summed E-state index contributed by atoms with van der Waals surface area (Å²) < 4.78 is 8.19. The van der Waals surface area contributed by atoms with Gasteiger partial charge in [-0.25, -0.2) is 4.98 Å². The van der Waals surface area contributed by atoms with Crippen LogP contribution in [0.15, 0.2) is 41.3 Å². The van der Waals surface area contributed by atoms with Crippen LogP contribution in [0, 0.1) is 0 Å². The highest BCUT2D eigenvalue weighted by Gasteiger charge is 2.22. The Labute approximate surface area is 190 Å². The summed E-state index contributed by atoms with van der Waals surface area (Å²) in [6, 6.07) is 9.91. The summed E-state index contributed by atoms with van der Waals surface area (Å²) in [6.07, 6.45) is 4.82. The topological polar surface area (TPSA) is 94.1 Å². The maximum absolute atomic E-state index is 6.20. The van der Waals surface area contributed by atoms with E-state index < -0.39 is 6.23 Å². The number of methoxy groups -OCH3 is 1. The number of rotatable bonds is 7. The SMILES string of the molecule is CCn1c(Br)nc2c(N3CCCCC3)nc(N/C=C(/c3ccccc3)C(N)OC)nc21. The fraction of sp³-hybridized carbons (Fsp3) is 0.409. The van der Waals surface area contributed by atoms with Crippen molar-refractivity contribution in [3.8, 4) is 0 Å². The van der Waals surface area contributed by atoms with Crippen molar-refractivity contribution in [1.29, 1.82) is 0 Å². The summed E-state index contributed by atoms with van der Waals surface area (Å²) in [4.78, 5) is 16.6. The van der Waals surface area contributed by atoms with E-state index in [2.05, 4.69) is 33.1 Å². The molecule has 1 aliphatic heterocycles. The van der Waals surface area contributed by atoms with Crippen molar-refractivity contribution in [3.63, 3.8) is 0 Å². The van der Waals surface area contributed by atoms with Gasteiger partial charge in [-0.05, 0) is 47.7 Å². The van der Waals surface area contributed by atoms with Gasteiger partial charge in [0.2, 0.25) is 5.95 Å². The van der Waals surface area contributed by atoms with Crippen LogP contribution in [-0.4, -0.2) is 45.9 Å². The highest BCUT2D eigenvalue weighted by Crippen LogP contribution is 2.30. The summed E-state index contributed by atoms with van der Waals surface area (Å²) in [5.74, 6) is 1.37. The fourth-order valence-electron chi connectivity index (χ4n) is 3.86. The van der Waals surface area contributed by atoms with Gasteiger partial charge in [0.05, 0.1) is 0 Å². The lowest BCUT2D eigenvalue weighted by atomic mass is 10.1. The van der Waals surface area contributed by atoms with Crippen LogP contribution < -0.4 is 16.0 Å². The van der Waals surface area contributed by atoms with E-state index in [1.807, 2.05) is 41.1 Å². The molecule has 0 radical (unpaired) electrons. The highest BCUT2D eigenvalue weighted by atomic mass is 79.9. The minimum atomic E-state index is -0.574. The Morgan fingerprint density at radius 3 is 2.61 bits per heavy atom. The zero-order chi connectivity index (χ0) is 21.8. The van der Waals surface area contributed by atoms with Crippen molar-refractivity contribution in [2.75, 3.05) is 30.4 Å². The number of fused-ring (bicyclic) bond motifs is 1. The molecule has 0 bridgehead atoms. The quantitative estimate of drug-likeness (QED) is 0.385. The second kappa shape index (κ2) is 9.76. The number of aryl methyl sites for hydroxylation is 1. The minimum absolute atomic E-state index is 0.506. The van der Waals surface area contributed by atoms with E-state index in [1.165, 1.54) is 6.42 Å². The number of halogens is 1. The van der Waals surface area contributed by atoms with Gasteiger partial charge in [0.1, 0.15) is 6.23 Å². The normalized spacial score (nSPS) is 16.0. The number of nitrogens with two attached hydrogens (primary N) is 1. The number of anilines is 2. The number of benzene rings is 1. The molecule has 0 saturated carbocycles. The van der Waals surface area contributed by atoms with E-state index in [0.29, 0.717) is 5.95 Å². The number of hydrogen-bond acceptors (Lipinski definition) is 7. The lowest BCUT2D eigenvalue weighted by molar-refractivity contribution is 0.154. The smallest absolute Gasteiger partial charge is 0.230 e. The lowest BCUT2D eigenvalue weighted by Crippen LogP contribution is -2.30. The number of nitrogens with one attached hydrogen (secondary N) is 1. The van der Waals surface area contributed by atoms with Crippen molar-refractivity contribution >= 4 is 44.4 Å². The van der Waals surface area contributed by atoms with Gasteiger partial charge >= 0.3 is 0 Å². The molecule has 1 saturated heterocycles. The zero-order valence-corrected chi connectivity index (χ0v) is 19.5. The molecule has 3 N–H and O–H groups in total. The van der Waals surface area contributed by atoms with Crippen LogP contribution in [0.1, 0.15) is 31.7 Å². The Hall–Kier alpha value is -2.49. The molecular formula is C22H28BrN7O. The summed E-state index contributed by atoms with van der Waals surface area (Å²) in [5, 5.41) is 3.26. The number of nitrogens with zero attached hydrogens (tertiary/aromatic N) is 5. The molecule has 3 heterocycles. The van der Waals surface area contributed by atoms with Gasteiger partial charge in [0.25, 0.3) is 0 Å². The molecule has 31 heavy (non-hydrogen) atoms. The van der Waals surface area contributed by atoms with Gasteiger partial charge < -0.3 is 25.3 Å². The molecule has 1 unspecified atom stereocenters. The van der Waals surface area contributed by atoms with Crippen molar-refractivity contribution in [2.45, 2.75) is 39.0 Å². The third-order valence-corrected chi connectivity index (χ3v) is 6.13. The molecule has 0 amide bonds. The Bertz CT molecular complexity index is 1060. The first kappa shape index (κ1) is 21.7. The van der Waals surface area contributed by atoms with Crippen LogP contribution in [0.5, 0.6) is 0 Å². The second-order valence-electron chi connectivity index (χ2n) is 7.48. The van der Waals surface area contributed by atoms with Crippen molar-refractivity contribution < 1.29 is 4.74 Å². The average Bonchev–Trinajstić information content (AvgIpc) is 3.14. The Kier molecular flexibility index (Phi) is 6.84. The molecule has 1 atom stereocenters. The Morgan fingerprint density at radius 1 is 1.19 bits per heavy atom. The van der Waals surface area contributed by atoms with Gasteiger partial charge in [-0.1, -0.05) is 30.3 Å². The zero-order valence-electron chi connectivity index (χ0n) is 17.9. The minimum Gasteiger partial charge on any atom is -0.362 e. The average molecular weight is 486 g/mol. The summed E-state index contributed by atoms with van der Waals surface area (Å²) >= 11 is 3.57. The fourth-order valence-corrected chi connectivity index (χ4v) is 4.46. The first-order chi connectivity index (χ1) is 15.1. The molecule has 164 valence electrons. The van der Waals surface area contributed by atoms with Crippen LogP contribution in [0.2, 0.25) is 0 Å². The standard InChI is InChI=1S/C22H28BrN7O/c1-3-30-20-17(26-21(30)23)19(29-12-8-5-9-13-29)27-22(28-20)25-14-16(18(24)31-2)15-10-6-4-7-11-15/h4,6-7,10-11,14,18H,3,5,8-9,12-13,24H2,1-2H3,(H,25,27,28)/b16-14-. The predicted octanol–water partition coefficient (Wildman–Crippen LogP) is 3.98. The Balaban J connectivity index is 1.76. The number of aromatic nitrogens is 4.